The van der Waals surface area contributed by atoms with Crippen molar-refractivity contribution in [3.63, 3.8) is 0 Å². The summed E-state index contributed by atoms with van der Waals surface area (Å²) in [5.74, 6) is -0.534. The van der Waals surface area contributed by atoms with Gasteiger partial charge in [-0.1, -0.05) is 13.8 Å². The van der Waals surface area contributed by atoms with E-state index in [1.807, 2.05) is 13.8 Å². The molecule has 6 nitrogen and oxygen atoms in total. The second-order valence-corrected chi connectivity index (χ2v) is 9.73. The van der Waals surface area contributed by atoms with Crippen LogP contribution in [0.2, 0.25) is 0 Å². The lowest BCUT2D eigenvalue weighted by atomic mass is 9.94. The molecule has 0 unspecified atom stereocenters. The van der Waals surface area contributed by atoms with E-state index in [0.717, 1.165) is 6.42 Å². The highest BCUT2D eigenvalue weighted by molar-refractivity contribution is 7.89. The molecular formula is C18H25F3N2O4S. The maximum absolute atomic E-state index is 12.8. The minimum Gasteiger partial charge on any atom is -0.380 e. The van der Waals surface area contributed by atoms with Crippen LogP contribution in [0.5, 0.6) is 0 Å². The van der Waals surface area contributed by atoms with E-state index in [0.29, 0.717) is 20.0 Å². The molecule has 1 aliphatic heterocycles. The lowest BCUT2D eigenvalue weighted by Gasteiger charge is -2.34. The number of benzene rings is 1. The number of piperidine rings is 1. The van der Waals surface area contributed by atoms with Gasteiger partial charge in [0, 0.05) is 18.8 Å². The standard InChI is InChI=1S/C18H25F3N2O4S/c1-12-8-13(2)11-23(10-12)28(26,27)15-6-4-14(5-7-15)22-16(24)9-17(3,25)18(19,20)21/h4-7,12-13,25H,8-11H2,1-3H3,(H,22,24)/t12-,13-,17-/m0/s1. The average molecular weight is 422 g/mol. The van der Waals surface area contributed by atoms with Crippen molar-refractivity contribution in [3.8, 4) is 0 Å². The number of alkyl halides is 3. The van der Waals surface area contributed by atoms with E-state index in [2.05, 4.69) is 5.32 Å². The highest BCUT2D eigenvalue weighted by atomic mass is 32.2. The van der Waals surface area contributed by atoms with Crippen molar-refractivity contribution < 1.29 is 31.5 Å². The number of amides is 1. The molecule has 0 saturated carbocycles. The monoisotopic (exact) mass is 422 g/mol. The quantitative estimate of drug-likeness (QED) is 0.764. The molecule has 0 radical (unpaired) electrons. The van der Waals surface area contributed by atoms with E-state index in [1.165, 1.54) is 28.6 Å². The largest absolute Gasteiger partial charge is 0.417 e. The second-order valence-electron chi connectivity index (χ2n) is 7.79. The number of nitrogens with one attached hydrogen (secondary N) is 1. The minimum atomic E-state index is -4.94. The van der Waals surface area contributed by atoms with Crippen LogP contribution in [-0.4, -0.2) is 48.6 Å². The summed E-state index contributed by atoms with van der Waals surface area (Å²) in [5.41, 5.74) is -3.01. The molecular weight excluding hydrogens is 397 g/mol. The van der Waals surface area contributed by atoms with Crippen LogP contribution in [-0.2, 0) is 14.8 Å². The summed E-state index contributed by atoms with van der Waals surface area (Å²) in [6, 6.07) is 5.22. The first kappa shape index (κ1) is 22.6. The minimum absolute atomic E-state index is 0.0501. The predicted octanol–water partition coefficient (Wildman–Crippen LogP) is 3.00. The zero-order valence-electron chi connectivity index (χ0n) is 16.0. The third-order valence-corrected chi connectivity index (χ3v) is 6.57. The van der Waals surface area contributed by atoms with Crippen LogP contribution in [0.15, 0.2) is 29.2 Å². The van der Waals surface area contributed by atoms with Crippen LogP contribution in [0.25, 0.3) is 0 Å². The summed E-state index contributed by atoms with van der Waals surface area (Å²) in [4.78, 5) is 11.8. The van der Waals surface area contributed by atoms with Gasteiger partial charge in [-0.05, 0) is 49.4 Å². The van der Waals surface area contributed by atoms with Gasteiger partial charge in [0.25, 0.3) is 0 Å². The van der Waals surface area contributed by atoms with Crippen LogP contribution in [0, 0.1) is 11.8 Å². The normalized spacial score (nSPS) is 23.8. The number of rotatable bonds is 5. The molecule has 10 heteroatoms. The fraction of sp³-hybridized carbons (Fsp3) is 0.611. The van der Waals surface area contributed by atoms with Gasteiger partial charge < -0.3 is 10.4 Å². The van der Waals surface area contributed by atoms with Gasteiger partial charge in [-0.2, -0.15) is 17.5 Å². The molecule has 28 heavy (non-hydrogen) atoms. The third kappa shape index (κ3) is 5.24. The number of hydrogen-bond acceptors (Lipinski definition) is 4. The lowest BCUT2D eigenvalue weighted by molar-refractivity contribution is -0.252. The molecule has 0 bridgehead atoms. The Balaban J connectivity index is 2.08. The van der Waals surface area contributed by atoms with Gasteiger partial charge in [0.15, 0.2) is 5.60 Å². The summed E-state index contributed by atoms with van der Waals surface area (Å²) in [7, 11) is -3.69. The maximum atomic E-state index is 12.8. The Bertz CT molecular complexity index is 797. The summed E-state index contributed by atoms with van der Waals surface area (Å²) in [6.07, 6.45) is -5.15. The number of halogens is 3. The van der Waals surface area contributed by atoms with Crippen LogP contribution in [0.1, 0.15) is 33.6 Å². The topological polar surface area (TPSA) is 86.7 Å². The number of carbonyl (C=O) groups excluding carboxylic acids is 1. The van der Waals surface area contributed by atoms with Crippen LogP contribution in [0.4, 0.5) is 18.9 Å². The maximum Gasteiger partial charge on any atom is 0.417 e. The first-order valence-corrected chi connectivity index (χ1v) is 10.4. The Morgan fingerprint density at radius 1 is 1.18 bits per heavy atom. The molecule has 1 fully saturated rings. The van der Waals surface area contributed by atoms with Gasteiger partial charge in [-0.15, -0.1) is 0 Å². The molecule has 2 N–H and O–H groups in total. The molecule has 158 valence electrons. The van der Waals surface area contributed by atoms with E-state index in [9.17, 15) is 31.5 Å². The highest BCUT2D eigenvalue weighted by Gasteiger charge is 2.51. The lowest BCUT2D eigenvalue weighted by Crippen LogP contribution is -2.44. The molecule has 1 amide bonds. The molecule has 1 aromatic carbocycles. The molecule has 0 aliphatic carbocycles. The molecule has 1 saturated heterocycles. The predicted molar refractivity (Wildman–Crippen MR) is 98.1 cm³/mol. The van der Waals surface area contributed by atoms with Crippen LogP contribution >= 0.6 is 0 Å². The number of nitrogens with zero attached hydrogens (tertiary/aromatic N) is 1. The molecule has 3 atom stereocenters. The van der Waals surface area contributed by atoms with Crippen molar-refractivity contribution in [2.24, 2.45) is 11.8 Å². The van der Waals surface area contributed by atoms with Gasteiger partial charge >= 0.3 is 6.18 Å². The Labute approximate surface area is 162 Å². The Morgan fingerprint density at radius 2 is 1.68 bits per heavy atom. The fourth-order valence-electron chi connectivity index (χ4n) is 3.28. The van der Waals surface area contributed by atoms with E-state index < -0.39 is 34.1 Å². The van der Waals surface area contributed by atoms with Crippen LogP contribution < -0.4 is 5.32 Å². The SMILES string of the molecule is C[C@H]1C[C@H](C)CN(S(=O)(=O)c2ccc(NC(=O)C[C@](C)(O)C(F)(F)F)cc2)C1. The molecule has 0 spiro atoms. The van der Waals surface area contributed by atoms with Gasteiger partial charge in [-0.25, -0.2) is 8.42 Å². The smallest absolute Gasteiger partial charge is 0.380 e. The Morgan fingerprint density at radius 3 is 2.14 bits per heavy atom. The van der Waals surface area contributed by atoms with Crippen molar-refractivity contribution in [1.82, 2.24) is 4.31 Å². The van der Waals surface area contributed by atoms with E-state index in [-0.39, 0.29) is 22.4 Å². The fourth-order valence-corrected chi connectivity index (χ4v) is 4.96. The van der Waals surface area contributed by atoms with Gasteiger partial charge in [0.05, 0.1) is 11.3 Å². The molecule has 1 aromatic rings. The van der Waals surface area contributed by atoms with Crippen molar-refractivity contribution in [3.05, 3.63) is 24.3 Å². The Kier molecular flexibility index (Phi) is 6.47. The summed E-state index contributed by atoms with van der Waals surface area (Å²) in [5, 5.41) is 11.6. The van der Waals surface area contributed by atoms with E-state index in [4.69, 9.17) is 0 Å². The summed E-state index contributed by atoms with van der Waals surface area (Å²) >= 11 is 0. The van der Waals surface area contributed by atoms with Crippen molar-refractivity contribution in [1.29, 1.82) is 0 Å². The highest BCUT2D eigenvalue weighted by Crippen LogP contribution is 2.33. The number of sulfonamides is 1. The van der Waals surface area contributed by atoms with E-state index >= 15 is 0 Å². The first-order valence-electron chi connectivity index (χ1n) is 8.91. The molecule has 0 aromatic heterocycles. The Hall–Kier alpha value is -1.65. The molecule has 2 rings (SSSR count). The molecule has 1 aliphatic rings. The summed E-state index contributed by atoms with van der Waals surface area (Å²) < 4.78 is 65.0. The van der Waals surface area contributed by atoms with Gasteiger partial charge in [0.1, 0.15) is 0 Å². The number of hydrogen-bond donors (Lipinski definition) is 2. The number of carbonyl (C=O) groups is 1. The van der Waals surface area contributed by atoms with Crippen molar-refractivity contribution in [2.45, 2.75) is 50.3 Å². The average Bonchev–Trinajstić information content (AvgIpc) is 2.52. The molecule has 1 heterocycles. The number of anilines is 1. The zero-order valence-corrected chi connectivity index (χ0v) is 16.8. The summed E-state index contributed by atoms with van der Waals surface area (Å²) in [6.45, 7) is 5.36. The van der Waals surface area contributed by atoms with Crippen LogP contribution in [0.3, 0.4) is 0 Å². The van der Waals surface area contributed by atoms with Gasteiger partial charge in [0.2, 0.25) is 15.9 Å². The second kappa shape index (κ2) is 8.00. The van der Waals surface area contributed by atoms with E-state index in [1.54, 1.807) is 0 Å². The first-order chi connectivity index (χ1) is 12.7. The van der Waals surface area contributed by atoms with Crippen molar-refractivity contribution >= 4 is 21.6 Å². The zero-order chi connectivity index (χ0) is 21.3. The van der Waals surface area contributed by atoms with Crippen molar-refractivity contribution in [2.75, 3.05) is 18.4 Å². The number of aliphatic hydroxyl groups is 1. The third-order valence-electron chi connectivity index (χ3n) is 4.73. The van der Waals surface area contributed by atoms with Gasteiger partial charge in [-0.3, -0.25) is 4.79 Å².